The number of benzene rings is 1. The number of nitrogens with two attached hydrogens (primary N) is 1. The summed E-state index contributed by atoms with van der Waals surface area (Å²) in [5.41, 5.74) is 3.47. The summed E-state index contributed by atoms with van der Waals surface area (Å²) in [6.07, 6.45) is 0. The van der Waals surface area contributed by atoms with Crippen LogP contribution in [0.25, 0.3) is 0 Å². The molecule has 6 nitrogen and oxygen atoms in total. The second kappa shape index (κ2) is 6.89. The van der Waals surface area contributed by atoms with Crippen LogP contribution >= 0.6 is 0 Å². The lowest BCUT2D eigenvalue weighted by atomic mass is 9.90. The highest BCUT2D eigenvalue weighted by atomic mass is 19.1. The van der Waals surface area contributed by atoms with Gasteiger partial charge in [-0.25, -0.2) is 4.39 Å². The smallest absolute Gasteiger partial charge is 0.510 e. The van der Waals surface area contributed by atoms with Gasteiger partial charge in [0.15, 0.2) is 5.82 Å². The van der Waals surface area contributed by atoms with Crippen molar-refractivity contribution in [3.8, 4) is 5.75 Å². The van der Waals surface area contributed by atoms with Crippen LogP contribution in [-0.2, 0) is 0 Å². The minimum atomic E-state index is -2.02. The van der Waals surface area contributed by atoms with E-state index in [1.54, 1.807) is 27.7 Å². The van der Waals surface area contributed by atoms with Crippen molar-refractivity contribution in [1.29, 1.82) is 0 Å². The van der Waals surface area contributed by atoms with Gasteiger partial charge >= 0.3 is 7.32 Å². The van der Waals surface area contributed by atoms with Gasteiger partial charge in [0.05, 0.1) is 11.2 Å². The predicted octanol–water partition coefficient (Wildman–Crippen LogP) is 0.284. The average Bonchev–Trinajstić information content (AvgIpc) is 2.19. The number of rotatable bonds is 3. The third kappa shape index (κ3) is 6.71. The Labute approximate surface area is 117 Å². The lowest BCUT2D eigenvalue weighted by Crippen LogP contribution is -2.44. The Kier molecular flexibility index (Phi) is 6.43. The molecule has 0 unspecified atom stereocenters. The molecule has 0 radical (unpaired) electrons. The Hall–Kier alpha value is -1.35. The van der Waals surface area contributed by atoms with Crippen LogP contribution in [0.3, 0.4) is 0 Å². The quantitative estimate of drug-likeness (QED) is 0.403. The minimum absolute atomic E-state index is 0.243. The molecule has 0 aromatic heterocycles. The maximum Gasteiger partial charge on any atom is 0.707 e. The van der Waals surface area contributed by atoms with Crippen molar-refractivity contribution in [2.24, 2.45) is 0 Å². The zero-order valence-electron chi connectivity index (χ0n) is 12.0. The average molecular weight is 289 g/mol. The van der Waals surface area contributed by atoms with Crippen LogP contribution in [0.5, 0.6) is 5.75 Å². The predicted molar refractivity (Wildman–Crippen MR) is 74.2 cm³/mol. The summed E-state index contributed by atoms with van der Waals surface area (Å²) in [5.74, 6) is -0.984. The van der Waals surface area contributed by atoms with Crippen molar-refractivity contribution in [3.63, 3.8) is 0 Å². The third-order valence-electron chi connectivity index (χ3n) is 2.69. The van der Waals surface area contributed by atoms with Crippen molar-refractivity contribution in [1.82, 2.24) is 0 Å². The zero-order valence-corrected chi connectivity index (χ0v) is 12.0. The van der Waals surface area contributed by atoms with Gasteiger partial charge in [-0.15, -0.1) is 0 Å². The molecule has 0 saturated carbocycles. The van der Waals surface area contributed by atoms with Gasteiger partial charge < -0.3 is 30.6 Å². The molecular weight excluding hydrogens is 268 g/mol. The third-order valence-corrected chi connectivity index (χ3v) is 2.69. The van der Waals surface area contributed by atoms with E-state index in [1.165, 1.54) is 12.1 Å². The first-order valence-corrected chi connectivity index (χ1v) is 5.87. The highest BCUT2D eigenvalue weighted by Crippen LogP contribution is 2.19. The number of anilines is 1. The van der Waals surface area contributed by atoms with Crippen LogP contribution in [0.2, 0.25) is 0 Å². The van der Waals surface area contributed by atoms with Crippen molar-refractivity contribution in [2.75, 3.05) is 5.73 Å². The van der Waals surface area contributed by atoms with E-state index in [-0.39, 0.29) is 11.4 Å². The standard InChI is InChI=1S/C6H7BFNO3.C6H14O2/c8-5-3-4(9)1-2-6(5)12-7(10)11;1-5(2,7)6(3,4)8/h1-3,10-11H,9H2;7-8H,1-4H3. The van der Waals surface area contributed by atoms with Crippen molar-refractivity contribution >= 4 is 13.0 Å². The molecule has 0 amide bonds. The van der Waals surface area contributed by atoms with E-state index in [0.29, 0.717) is 0 Å². The molecule has 20 heavy (non-hydrogen) atoms. The number of aliphatic hydroxyl groups is 2. The van der Waals surface area contributed by atoms with Crippen LogP contribution in [0.4, 0.5) is 10.1 Å². The topological polar surface area (TPSA) is 116 Å². The van der Waals surface area contributed by atoms with Gasteiger partial charge in [0.1, 0.15) is 5.75 Å². The molecule has 0 aliphatic rings. The molecule has 0 aliphatic carbocycles. The molecule has 0 fully saturated rings. The molecule has 1 aromatic rings. The van der Waals surface area contributed by atoms with E-state index in [4.69, 9.17) is 26.0 Å². The van der Waals surface area contributed by atoms with E-state index < -0.39 is 24.3 Å². The molecule has 114 valence electrons. The Balaban J connectivity index is 0.000000396. The zero-order chi connectivity index (χ0) is 16.1. The summed E-state index contributed by atoms with van der Waals surface area (Å²) in [5, 5.41) is 34.9. The molecule has 0 atom stereocenters. The maximum atomic E-state index is 12.8. The van der Waals surface area contributed by atoms with E-state index in [2.05, 4.69) is 4.65 Å². The van der Waals surface area contributed by atoms with Gasteiger partial charge in [0.25, 0.3) is 0 Å². The van der Waals surface area contributed by atoms with Gasteiger partial charge in [0, 0.05) is 11.8 Å². The first kappa shape index (κ1) is 18.7. The van der Waals surface area contributed by atoms with E-state index in [1.807, 2.05) is 0 Å². The molecule has 8 heteroatoms. The normalized spacial score (nSPS) is 11.4. The second-order valence-electron chi connectivity index (χ2n) is 5.25. The summed E-state index contributed by atoms with van der Waals surface area (Å²) >= 11 is 0. The molecule has 0 bridgehead atoms. The summed E-state index contributed by atoms with van der Waals surface area (Å²) in [7, 11) is -2.02. The largest absolute Gasteiger partial charge is 0.707 e. The van der Waals surface area contributed by atoms with E-state index in [0.717, 1.165) is 6.07 Å². The van der Waals surface area contributed by atoms with Crippen LogP contribution in [0, 0.1) is 5.82 Å². The highest BCUT2D eigenvalue weighted by Gasteiger charge is 2.31. The van der Waals surface area contributed by atoms with Crippen molar-refractivity contribution in [3.05, 3.63) is 24.0 Å². The maximum absolute atomic E-state index is 12.8. The molecule has 0 saturated heterocycles. The summed E-state index contributed by atoms with van der Waals surface area (Å²) in [6.45, 7) is 6.31. The summed E-state index contributed by atoms with van der Waals surface area (Å²) < 4.78 is 17.1. The van der Waals surface area contributed by atoms with Gasteiger partial charge in [0.2, 0.25) is 0 Å². The molecule has 0 aliphatic heterocycles. The SMILES string of the molecule is CC(C)(O)C(C)(C)O.Nc1ccc(OB(O)O)c(F)c1. The van der Waals surface area contributed by atoms with Gasteiger partial charge in [-0.3, -0.25) is 0 Å². The van der Waals surface area contributed by atoms with Crippen molar-refractivity contribution < 1.29 is 29.3 Å². The molecule has 1 rings (SSSR count). The molecule has 6 N–H and O–H groups in total. The van der Waals surface area contributed by atoms with E-state index in [9.17, 15) is 4.39 Å². The van der Waals surface area contributed by atoms with Gasteiger partial charge in [-0.2, -0.15) is 0 Å². The lowest BCUT2D eigenvalue weighted by Gasteiger charge is -2.31. The van der Waals surface area contributed by atoms with Crippen LogP contribution in [-0.4, -0.2) is 38.8 Å². The van der Waals surface area contributed by atoms with Crippen LogP contribution in [0.1, 0.15) is 27.7 Å². The summed E-state index contributed by atoms with van der Waals surface area (Å²) in [6, 6.07) is 3.63. The fourth-order valence-electron chi connectivity index (χ4n) is 0.726. The molecular formula is C12H21BFNO5. The second-order valence-corrected chi connectivity index (χ2v) is 5.25. The molecule has 0 spiro atoms. The molecule has 0 heterocycles. The summed E-state index contributed by atoms with van der Waals surface area (Å²) in [4.78, 5) is 0. The first-order chi connectivity index (χ1) is 8.84. The minimum Gasteiger partial charge on any atom is -0.510 e. The van der Waals surface area contributed by atoms with Gasteiger partial charge in [-0.1, -0.05) is 0 Å². The highest BCUT2D eigenvalue weighted by molar-refractivity contribution is 6.33. The lowest BCUT2D eigenvalue weighted by molar-refractivity contribution is -0.107. The number of nitrogen functional groups attached to an aromatic ring is 1. The first-order valence-electron chi connectivity index (χ1n) is 5.87. The van der Waals surface area contributed by atoms with Crippen LogP contribution in [0.15, 0.2) is 18.2 Å². The Bertz CT molecular complexity index is 417. The number of hydrogen-bond donors (Lipinski definition) is 5. The Morgan fingerprint density at radius 1 is 1.10 bits per heavy atom. The molecule has 1 aromatic carbocycles. The number of halogens is 1. The Morgan fingerprint density at radius 2 is 1.55 bits per heavy atom. The Morgan fingerprint density at radius 3 is 1.85 bits per heavy atom. The number of hydrogen-bond acceptors (Lipinski definition) is 6. The fraction of sp³-hybridized carbons (Fsp3) is 0.500. The fourth-order valence-corrected chi connectivity index (χ4v) is 0.726. The van der Waals surface area contributed by atoms with Gasteiger partial charge in [-0.05, 0) is 39.8 Å². The van der Waals surface area contributed by atoms with Crippen LogP contribution < -0.4 is 10.4 Å². The van der Waals surface area contributed by atoms with E-state index >= 15 is 0 Å². The monoisotopic (exact) mass is 289 g/mol. The van der Waals surface area contributed by atoms with Crippen molar-refractivity contribution in [2.45, 2.75) is 38.9 Å².